The lowest BCUT2D eigenvalue weighted by Crippen LogP contribution is -2.40. The minimum Gasteiger partial charge on any atom is -0.469 e. The van der Waals surface area contributed by atoms with Gasteiger partial charge in [-0.3, -0.25) is 4.79 Å². The third kappa shape index (κ3) is 4.52. The average molecular weight is 384 g/mol. The molecule has 1 fully saturated rings. The van der Waals surface area contributed by atoms with E-state index in [1.165, 1.54) is 12.7 Å². The third-order valence-electron chi connectivity index (χ3n) is 4.99. The largest absolute Gasteiger partial charge is 0.469 e. The summed E-state index contributed by atoms with van der Waals surface area (Å²) in [5, 5.41) is 3.30. The molecule has 1 aromatic heterocycles. The highest BCUT2D eigenvalue weighted by molar-refractivity contribution is 5.82. The van der Waals surface area contributed by atoms with Crippen molar-refractivity contribution in [3.63, 3.8) is 0 Å². The zero-order valence-corrected chi connectivity index (χ0v) is 16.9. The number of carbonyl (C=O) groups is 1. The van der Waals surface area contributed by atoms with Crippen molar-refractivity contribution in [3.05, 3.63) is 41.8 Å². The second kappa shape index (κ2) is 8.91. The number of benzene rings is 1. The molecule has 1 N–H and O–H groups in total. The molecule has 2 unspecified atom stereocenters. The van der Waals surface area contributed by atoms with Crippen LogP contribution < -0.4 is 5.32 Å². The number of likely N-dealkylation sites (tertiary alicyclic amines) is 1. The molecule has 1 aromatic carbocycles. The first-order valence-electron chi connectivity index (χ1n) is 9.64. The first-order valence-corrected chi connectivity index (χ1v) is 9.64. The molecule has 2 atom stereocenters. The van der Waals surface area contributed by atoms with Gasteiger partial charge in [0, 0.05) is 25.2 Å². The van der Waals surface area contributed by atoms with Gasteiger partial charge in [-0.05, 0) is 31.9 Å². The Bertz CT molecular complexity index is 828. The topological polar surface area (TPSA) is 80.0 Å². The maximum absolute atomic E-state index is 12.0. The van der Waals surface area contributed by atoms with Crippen LogP contribution in [0.2, 0.25) is 0 Å². The SMILES string of the molecule is CCNC(=NCc1coc(-c2ccc(C)cc2)n1)N1CC(C)C(C(=O)OC)C1. The van der Waals surface area contributed by atoms with Gasteiger partial charge < -0.3 is 19.4 Å². The fraction of sp³-hybridized carbons (Fsp3) is 0.476. The summed E-state index contributed by atoms with van der Waals surface area (Å²) in [7, 11) is 1.44. The number of hydrogen-bond donors (Lipinski definition) is 1. The maximum atomic E-state index is 12.0. The molecule has 0 saturated carbocycles. The van der Waals surface area contributed by atoms with Crippen molar-refractivity contribution >= 4 is 11.9 Å². The minimum absolute atomic E-state index is 0.131. The lowest BCUT2D eigenvalue weighted by molar-refractivity contribution is -0.145. The normalized spacial score (nSPS) is 19.7. The van der Waals surface area contributed by atoms with Gasteiger partial charge in [0.25, 0.3) is 0 Å². The molecular weight excluding hydrogens is 356 g/mol. The first kappa shape index (κ1) is 19.9. The zero-order valence-electron chi connectivity index (χ0n) is 16.9. The van der Waals surface area contributed by atoms with Crippen LogP contribution in [0.25, 0.3) is 11.5 Å². The van der Waals surface area contributed by atoms with Crippen LogP contribution in [0, 0.1) is 18.8 Å². The van der Waals surface area contributed by atoms with E-state index in [0.717, 1.165) is 30.3 Å². The molecular formula is C21H28N4O3. The molecule has 1 aliphatic rings. The molecule has 0 spiro atoms. The average Bonchev–Trinajstić information content (AvgIpc) is 3.32. The smallest absolute Gasteiger partial charge is 0.310 e. The minimum atomic E-state index is -0.162. The Morgan fingerprint density at radius 2 is 2.11 bits per heavy atom. The number of aryl methyl sites for hydroxylation is 1. The van der Waals surface area contributed by atoms with E-state index in [0.29, 0.717) is 19.0 Å². The molecule has 0 amide bonds. The number of aliphatic imine (C=N–C) groups is 1. The predicted octanol–water partition coefficient (Wildman–Crippen LogP) is 2.86. The van der Waals surface area contributed by atoms with Crippen molar-refractivity contribution in [2.24, 2.45) is 16.8 Å². The van der Waals surface area contributed by atoms with E-state index in [1.807, 2.05) is 38.1 Å². The van der Waals surface area contributed by atoms with Crippen LogP contribution in [0.4, 0.5) is 0 Å². The van der Waals surface area contributed by atoms with Crippen LogP contribution in [0.15, 0.2) is 39.9 Å². The fourth-order valence-electron chi connectivity index (χ4n) is 3.39. The van der Waals surface area contributed by atoms with E-state index in [1.54, 1.807) is 6.26 Å². The quantitative estimate of drug-likeness (QED) is 0.485. The van der Waals surface area contributed by atoms with Crippen LogP contribution in [0.5, 0.6) is 0 Å². The van der Waals surface area contributed by atoms with Gasteiger partial charge in [-0.15, -0.1) is 0 Å². The summed E-state index contributed by atoms with van der Waals surface area (Å²) in [5.41, 5.74) is 2.91. The molecule has 0 aliphatic carbocycles. The van der Waals surface area contributed by atoms with Gasteiger partial charge >= 0.3 is 5.97 Å². The number of carbonyl (C=O) groups excluding carboxylic acids is 1. The van der Waals surface area contributed by atoms with E-state index in [4.69, 9.17) is 14.1 Å². The number of ether oxygens (including phenoxy) is 1. The van der Waals surface area contributed by atoms with Crippen molar-refractivity contribution in [1.82, 2.24) is 15.2 Å². The number of guanidine groups is 1. The van der Waals surface area contributed by atoms with Crippen molar-refractivity contribution in [1.29, 1.82) is 0 Å². The monoisotopic (exact) mass is 384 g/mol. The van der Waals surface area contributed by atoms with Crippen molar-refractivity contribution in [2.45, 2.75) is 27.3 Å². The maximum Gasteiger partial charge on any atom is 0.310 e. The molecule has 3 rings (SSSR count). The molecule has 7 nitrogen and oxygen atoms in total. The van der Waals surface area contributed by atoms with Crippen molar-refractivity contribution in [2.75, 3.05) is 26.7 Å². The Labute approximate surface area is 165 Å². The Kier molecular flexibility index (Phi) is 6.34. The van der Waals surface area contributed by atoms with E-state index < -0.39 is 0 Å². The van der Waals surface area contributed by atoms with Gasteiger partial charge in [0.1, 0.15) is 12.0 Å². The lowest BCUT2D eigenvalue weighted by atomic mass is 9.99. The van der Waals surface area contributed by atoms with Crippen LogP contribution in [-0.4, -0.2) is 48.6 Å². The lowest BCUT2D eigenvalue weighted by Gasteiger charge is -2.21. The summed E-state index contributed by atoms with van der Waals surface area (Å²) in [4.78, 5) is 23.3. The molecule has 150 valence electrons. The predicted molar refractivity (Wildman–Crippen MR) is 108 cm³/mol. The summed E-state index contributed by atoms with van der Waals surface area (Å²) in [6.45, 7) is 8.67. The van der Waals surface area contributed by atoms with Crippen molar-refractivity contribution in [3.8, 4) is 11.5 Å². The molecule has 1 aliphatic heterocycles. The van der Waals surface area contributed by atoms with E-state index in [-0.39, 0.29) is 17.8 Å². The first-order chi connectivity index (χ1) is 13.5. The number of rotatable bonds is 5. The molecule has 1 saturated heterocycles. The van der Waals surface area contributed by atoms with E-state index in [9.17, 15) is 4.79 Å². The molecule has 2 aromatic rings. The van der Waals surface area contributed by atoms with Crippen LogP contribution in [0.3, 0.4) is 0 Å². The highest BCUT2D eigenvalue weighted by Crippen LogP contribution is 2.24. The van der Waals surface area contributed by atoms with Crippen LogP contribution >= 0.6 is 0 Å². The third-order valence-corrected chi connectivity index (χ3v) is 4.99. The molecule has 2 heterocycles. The van der Waals surface area contributed by atoms with Gasteiger partial charge in [-0.2, -0.15) is 0 Å². The van der Waals surface area contributed by atoms with Gasteiger partial charge in [-0.25, -0.2) is 9.98 Å². The van der Waals surface area contributed by atoms with Gasteiger partial charge in [0.2, 0.25) is 5.89 Å². The molecule has 7 heteroatoms. The number of nitrogens with zero attached hydrogens (tertiary/aromatic N) is 3. The molecule has 0 radical (unpaired) electrons. The Morgan fingerprint density at radius 3 is 2.79 bits per heavy atom. The number of oxazole rings is 1. The number of methoxy groups -OCH3 is 1. The van der Waals surface area contributed by atoms with Crippen molar-refractivity contribution < 1.29 is 13.9 Å². The Morgan fingerprint density at radius 1 is 1.36 bits per heavy atom. The highest BCUT2D eigenvalue weighted by atomic mass is 16.5. The fourth-order valence-corrected chi connectivity index (χ4v) is 3.39. The standard InChI is InChI=1S/C21H28N4O3/c1-5-22-21(25-11-15(3)18(12-25)20(26)27-4)23-10-17-13-28-19(24-17)16-8-6-14(2)7-9-16/h6-9,13,15,18H,5,10-12H2,1-4H3,(H,22,23). The summed E-state index contributed by atoms with van der Waals surface area (Å²) in [6, 6.07) is 8.06. The molecule has 0 bridgehead atoms. The van der Waals surface area contributed by atoms with Crippen LogP contribution in [0.1, 0.15) is 25.1 Å². The second-order valence-corrected chi connectivity index (χ2v) is 7.19. The van der Waals surface area contributed by atoms with Gasteiger partial charge in [-0.1, -0.05) is 24.6 Å². The summed E-state index contributed by atoms with van der Waals surface area (Å²) < 4.78 is 10.5. The molecule has 28 heavy (non-hydrogen) atoms. The van der Waals surface area contributed by atoms with Crippen LogP contribution in [-0.2, 0) is 16.1 Å². The second-order valence-electron chi connectivity index (χ2n) is 7.19. The highest BCUT2D eigenvalue weighted by Gasteiger charge is 2.36. The van der Waals surface area contributed by atoms with Gasteiger partial charge in [0.15, 0.2) is 5.96 Å². The summed E-state index contributed by atoms with van der Waals surface area (Å²) in [5.74, 6) is 1.30. The zero-order chi connectivity index (χ0) is 20.1. The van der Waals surface area contributed by atoms with E-state index in [2.05, 4.69) is 22.1 Å². The Balaban J connectivity index is 1.70. The number of nitrogens with one attached hydrogen (secondary N) is 1. The Hall–Kier alpha value is -2.83. The number of aromatic nitrogens is 1. The summed E-state index contributed by atoms with van der Waals surface area (Å²) >= 11 is 0. The summed E-state index contributed by atoms with van der Waals surface area (Å²) in [6.07, 6.45) is 1.64. The number of hydrogen-bond acceptors (Lipinski definition) is 5. The number of esters is 1. The van der Waals surface area contributed by atoms with E-state index >= 15 is 0 Å². The van der Waals surface area contributed by atoms with Gasteiger partial charge in [0.05, 0.1) is 19.6 Å².